The van der Waals surface area contributed by atoms with E-state index in [1.807, 2.05) is 13.8 Å². The molecule has 0 saturated heterocycles. The second-order valence-electron chi connectivity index (χ2n) is 4.15. The summed E-state index contributed by atoms with van der Waals surface area (Å²) in [6.45, 7) is 5.26. The molecule has 0 unspecified atom stereocenters. The summed E-state index contributed by atoms with van der Waals surface area (Å²) in [5.74, 6) is -0.0263. The zero-order valence-electron chi connectivity index (χ0n) is 11.0. The Hall–Kier alpha value is -1.10. The Morgan fingerprint density at radius 3 is 2.35 bits per heavy atom. The third-order valence-corrected chi connectivity index (χ3v) is 2.18. The minimum Gasteiger partial charge on any atom is -0.379 e. The summed E-state index contributed by atoms with van der Waals surface area (Å²) in [5.41, 5.74) is 0. The summed E-state index contributed by atoms with van der Waals surface area (Å²) in [7, 11) is 1.59. The van der Waals surface area contributed by atoms with Gasteiger partial charge in [-0.25, -0.2) is 0 Å². The molecule has 0 spiro atoms. The number of amides is 2. The van der Waals surface area contributed by atoms with E-state index in [9.17, 15) is 9.59 Å². The molecule has 0 fully saturated rings. The van der Waals surface area contributed by atoms with Crippen LogP contribution in [0.2, 0.25) is 0 Å². The van der Waals surface area contributed by atoms with Gasteiger partial charge in [-0.3, -0.25) is 9.59 Å². The second-order valence-corrected chi connectivity index (χ2v) is 4.15. The predicted octanol–water partition coefficient (Wildman–Crippen LogP) is 0.834. The summed E-state index contributed by atoms with van der Waals surface area (Å²) in [4.78, 5) is 22.2. The van der Waals surface area contributed by atoms with Crippen molar-refractivity contribution in [1.29, 1.82) is 0 Å². The van der Waals surface area contributed by atoms with Crippen LogP contribution in [0.25, 0.3) is 0 Å². The summed E-state index contributed by atoms with van der Waals surface area (Å²) in [5, 5.41) is 5.32. The Morgan fingerprint density at radius 1 is 1.12 bits per heavy atom. The fourth-order valence-electron chi connectivity index (χ4n) is 1.24. The third kappa shape index (κ3) is 11.2. The summed E-state index contributed by atoms with van der Waals surface area (Å²) >= 11 is 0. The molecule has 0 atom stereocenters. The standard InChI is InChI=1S/C12H24N2O3/c1-10(2)17-9-5-8-14-12(16)7-4-6-11(15)13-3/h10H,4-9H2,1-3H3,(H,13,15)(H,14,16). The number of nitrogens with one attached hydrogen (secondary N) is 2. The molecule has 0 aromatic heterocycles. The molecule has 0 radical (unpaired) electrons. The second kappa shape index (κ2) is 10.1. The molecular formula is C12H24N2O3. The van der Waals surface area contributed by atoms with Crippen molar-refractivity contribution in [2.24, 2.45) is 0 Å². The Balaban J connectivity index is 3.32. The molecule has 0 aliphatic rings. The largest absolute Gasteiger partial charge is 0.379 e. The monoisotopic (exact) mass is 244 g/mol. The van der Waals surface area contributed by atoms with Gasteiger partial charge in [0.05, 0.1) is 6.10 Å². The lowest BCUT2D eigenvalue weighted by atomic mass is 10.2. The fourth-order valence-corrected chi connectivity index (χ4v) is 1.24. The van der Waals surface area contributed by atoms with Crippen molar-refractivity contribution < 1.29 is 14.3 Å². The number of hydrogen-bond donors (Lipinski definition) is 2. The van der Waals surface area contributed by atoms with Gasteiger partial charge in [0.15, 0.2) is 0 Å². The quantitative estimate of drug-likeness (QED) is 0.590. The third-order valence-electron chi connectivity index (χ3n) is 2.18. The fraction of sp³-hybridized carbons (Fsp3) is 0.833. The van der Waals surface area contributed by atoms with Gasteiger partial charge in [0, 0.05) is 33.0 Å². The van der Waals surface area contributed by atoms with Crippen LogP contribution in [-0.2, 0) is 14.3 Å². The first-order valence-electron chi connectivity index (χ1n) is 6.15. The highest BCUT2D eigenvalue weighted by atomic mass is 16.5. The van der Waals surface area contributed by atoms with Crippen molar-refractivity contribution in [1.82, 2.24) is 10.6 Å². The number of rotatable bonds is 9. The maximum absolute atomic E-state index is 11.3. The van der Waals surface area contributed by atoms with Crippen LogP contribution in [0.3, 0.4) is 0 Å². The molecule has 100 valence electrons. The van der Waals surface area contributed by atoms with Gasteiger partial charge in [0.2, 0.25) is 11.8 Å². The van der Waals surface area contributed by atoms with E-state index in [1.165, 1.54) is 0 Å². The van der Waals surface area contributed by atoms with Gasteiger partial charge in [-0.15, -0.1) is 0 Å². The van der Waals surface area contributed by atoms with Crippen LogP contribution < -0.4 is 10.6 Å². The molecule has 17 heavy (non-hydrogen) atoms. The van der Waals surface area contributed by atoms with Crippen LogP contribution in [0.4, 0.5) is 0 Å². The maximum atomic E-state index is 11.3. The van der Waals surface area contributed by atoms with Gasteiger partial charge in [-0.1, -0.05) is 0 Å². The molecule has 0 heterocycles. The van der Waals surface area contributed by atoms with Gasteiger partial charge in [-0.2, -0.15) is 0 Å². The Kier molecular flexibility index (Phi) is 9.43. The van der Waals surface area contributed by atoms with Crippen molar-refractivity contribution >= 4 is 11.8 Å². The van der Waals surface area contributed by atoms with E-state index in [1.54, 1.807) is 7.05 Å². The molecule has 0 aliphatic heterocycles. The molecule has 0 bridgehead atoms. The van der Waals surface area contributed by atoms with Gasteiger partial charge >= 0.3 is 0 Å². The molecule has 0 aromatic carbocycles. The van der Waals surface area contributed by atoms with Crippen LogP contribution in [0, 0.1) is 0 Å². The van der Waals surface area contributed by atoms with Crippen LogP contribution in [0.5, 0.6) is 0 Å². The number of ether oxygens (including phenoxy) is 1. The molecule has 2 N–H and O–H groups in total. The normalized spacial score (nSPS) is 10.4. The van der Waals surface area contributed by atoms with E-state index in [0.717, 1.165) is 6.42 Å². The molecule has 0 aliphatic carbocycles. The highest BCUT2D eigenvalue weighted by Gasteiger charge is 2.03. The number of carbonyl (C=O) groups excluding carboxylic acids is 2. The van der Waals surface area contributed by atoms with Crippen LogP contribution in [-0.4, -0.2) is 38.1 Å². The predicted molar refractivity (Wildman–Crippen MR) is 66.6 cm³/mol. The van der Waals surface area contributed by atoms with E-state index in [-0.39, 0.29) is 17.9 Å². The molecular weight excluding hydrogens is 220 g/mol. The minimum absolute atomic E-state index is 0.00144. The van der Waals surface area contributed by atoms with E-state index < -0.39 is 0 Å². The first kappa shape index (κ1) is 15.9. The SMILES string of the molecule is CNC(=O)CCCC(=O)NCCCOC(C)C. The highest BCUT2D eigenvalue weighted by molar-refractivity contribution is 5.78. The van der Waals surface area contributed by atoms with E-state index in [4.69, 9.17) is 4.74 Å². The lowest BCUT2D eigenvalue weighted by Crippen LogP contribution is -2.26. The van der Waals surface area contributed by atoms with E-state index in [0.29, 0.717) is 32.4 Å². The lowest BCUT2D eigenvalue weighted by molar-refractivity contribution is -0.122. The molecule has 0 aromatic rings. The van der Waals surface area contributed by atoms with Gasteiger partial charge in [0.25, 0.3) is 0 Å². The number of hydrogen-bond acceptors (Lipinski definition) is 3. The van der Waals surface area contributed by atoms with Gasteiger partial charge in [0.1, 0.15) is 0 Å². The van der Waals surface area contributed by atoms with Gasteiger partial charge in [-0.05, 0) is 26.7 Å². The van der Waals surface area contributed by atoms with Crippen molar-refractivity contribution in [3.63, 3.8) is 0 Å². The molecule has 0 rings (SSSR count). The average Bonchev–Trinajstić information content (AvgIpc) is 2.27. The Bertz CT molecular complexity index is 230. The van der Waals surface area contributed by atoms with Crippen LogP contribution in [0.15, 0.2) is 0 Å². The first-order valence-corrected chi connectivity index (χ1v) is 6.15. The Morgan fingerprint density at radius 2 is 1.76 bits per heavy atom. The number of carbonyl (C=O) groups is 2. The topological polar surface area (TPSA) is 67.4 Å². The molecule has 5 nitrogen and oxygen atoms in total. The van der Waals surface area contributed by atoms with Crippen molar-refractivity contribution in [2.45, 2.75) is 45.6 Å². The molecule has 0 saturated carbocycles. The molecule has 5 heteroatoms. The molecule has 2 amide bonds. The zero-order chi connectivity index (χ0) is 13.1. The van der Waals surface area contributed by atoms with Crippen LogP contribution in [0.1, 0.15) is 39.5 Å². The summed E-state index contributed by atoms with van der Waals surface area (Å²) in [6, 6.07) is 0. The first-order chi connectivity index (χ1) is 8.06. The summed E-state index contributed by atoms with van der Waals surface area (Å²) < 4.78 is 5.35. The maximum Gasteiger partial charge on any atom is 0.220 e. The summed E-state index contributed by atoms with van der Waals surface area (Å²) in [6.07, 6.45) is 2.45. The van der Waals surface area contributed by atoms with E-state index >= 15 is 0 Å². The van der Waals surface area contributed by atoms with Crippen molar-refractivity contribution in [3.8, 4) is 0 Å². The minimum atomic E-state index is -0.0249. The van der Waals surface area contributed by atoms with E-state index in [2.05, 4.69) is 10.6 Å². The average molecular weight is 244 g/mol. The highest BCUT2D eigenvalue weighted by Crippen LogP contribution is 1.95. The smallest absolute Gasteiger partial charge is 0.220 e. The Labute approximate surface area is 103 Å². The lowest BCUT2D eigenvalue weighted by Gasteiger charge is -2.08. The van der Waals surface area contributed by atoms with Crippen molar-refractivity contribution in [3.05, 3.63) is 0 Å². The van der Waals surface area contributed by atoms with Gasteiger partial charge < -0.3 is 15.4 Å². The van der Waals surface area contributed by atoms with Crippen molar-refractivity contribution in [2.75, 3.05) is 20.2 Å². The zero-order valence-corrected chi connectivity index (χ0v) is 11.0. The van der Waals surface area contributed by atoms with Crippen LogP contribution >= 0.6 is 0 Å².